The van der Waals surface area contributed by atoms with Crippen LogP contribution < -0.4 is 24.7 Å². The molecule has 358 valence electrons. The second-order valence-corrected chi connectivity index (χ2v) is 21.2. The molecule has 7 aromatic rings. The molecule has 0 aliphatic rings. The van der Waals surface area contributed by atoms with Crippen LogP contribution in [0.5, 0.6) is 17.2 Å². The Kier molecular flexibility index (Phi) is 14.7. The molecule has 22 heteroatoms. The molecule has 5 N–H and O–H groups in total. The van der Waals surface area contributed by atoms with Gasteiger partial charge in [-0.05, 0) is 96.8 Å². The Labute approximate surface area is 397 Å². The molecule has 0 saturated carbocycles. The quantitative estimate of drug-likeness (QED) is 0.0716. The van der Waals surface area contributed by atoms with Crippen molar-refractivity contribution in [3.8, 4) is 39.8 Å². The number of nitrogens with zero attached hydrogens (tertiary/aromatic N) is 7. The lowest BCUT2D eigenvalue weighted by Crippen LogP contribution is -2.50. The van der Waals surface area contributed by atoms with Gasteiger partial charge in [0.2, 0.25) is 25.9 Å². The van der Waals surface area contributed by atoms with E-state index in [-0.39, 0.29) is 41.7 Å². The summed E-state index contributed by atoms with van der Waals surface area (Å²) >= 11 is 1.21. The van der Waals surface area contributed by atoms with Crippen LogP contribution in [0.25, 0.3) is 32.7 Å². The second-order valence-electron chi connectivity index (χ2n) is 16.6. The molecule has 2 aromatic heterocycles. The number of hydrogen-bond acceptors (Lipinski definition) is 15. The first kappa shape index (κ1) is 49.2. The summed E-state index contributed by atoms with van der Waals surface area (Å²) in [6.45, 7) is 3.33. The van der Waals surface area contributed by atoms with Gasteiger partial charge in [0.15, 0.2) is 5.13 Å². The van der Waals surface area contributed by atoms with Crippen LogP contribution in [0.2, 0.25) is 0 Å². The first-order chi connectivity index (χ1) is 32.3. The summed E-state index contributed by atoms with van der Waals surface area (Å²) in [7, 11) is -5.37. The summed E-state index contributed by atoms with van der Waals surface area (Å²) in [4.78, 5) is 17.5. The molecular formula is C46H51N9O10S3. The molecule has 1 atom stereocenters. The molecule has 7 rings (SSSR count). The van der Waals surface area contributed by atoms with Crippen molar-refractivity contribution >= 4 is 52.8 Å². The van der Waals surface area contributed by atoms with Gasteiger partial charge in [0, 0.05) is 30.7 Å². The Morgan fingerprint density at radius 3 is 1.90 bits per heavy atom. The summed E-state index contributed by atoms with van der Waals surface area (Å²) in [5.74, 6) is 1.45. The zero-order valence-electron chi connectivity index (χ0n) is 38.0. The zero-order valence-corrected chi connectivity index (χ0v) is 40.5. The van der Waals surface area contributed by atoms with E-state index < -0.39 is 60.7 Å². The van der Waals surface area contributed by atoms with Crippen molar-refractivity contribution in [2.75, 3.05) is 40.2 Å². The van der Waals surface area contributed by atoms with Crippen molar-refractivity contribution in [2.45, 2.75) is 61.8 Å². The summed E-state index contributed by atoms with van der Waals surface area (Å²) < 4.78 is 82.1. The van der Waals surface area contributed by atoms with Crippen LogP contribution >= 0.6 is 11.3 Å². The minimum atomic E-state index is -5.02. The molecule has 1 amide bonds. The van der Waals surface area contributed by atoms with Gasteiger partial charge in [-0.1, -0.05) is 65.9 Å². The van der Waals surface area contributed by atoms with Gasteiger partial charge in [0.05, 0.1) is 56.3 Å². The molecular weight excluding hydrogens is 935 g/mol. The predicted molar refractivity (Wildman–Crippen MR) is 256 cm³/mol. The molecule has 0 spiro atoms. The predicted octanol–water partition coefficient (Wildman–Crippen LogP) is 6.08. The molecule has 68 heavy (non-hydrogen) atoms. The average molecular weight is 986 g/mol. The van der Waals surface area contributed by atoms with Crippen molar-refractivity contribution in [2.24, 2.45) is 0 Å². The number of thiazole rings is 1. The van der Waals surface area contributed by atoms with Crippen molar-refractivity contribution in [1.29, 1.82) is 0 Å². The van der Waals surface area contributed by atoms with Gasteiger partial charge < -0.3 is 35.1 Å². The molecule has 0 radical (unpaired) electrons. The number of carboxylic acid groups (broad SMARTS) is 1. The number of nitrogen functional groups attached to an aromatic ring is 1. The van der Waals surface area contributed by atoms with Gasteiger partial charge in [0.1, 0.15) is 27.0 Å². The first-order valence-corrected chi connectivity index (χ1v) is 24.7. The highest BCUT2D eigenvalue weighted by molar-refractivity contribution is 7.92. The molecule has 0 bridgehead atoms. The maximum Gasteiger partial charge on any atom is 0.407 e. The van der Waals surface area contributed by atoms with Crippen LogP contribution in [0.3, 0.4) is 0 Å². The van der Waals surface area contributed by atoms with E-state index in [0.717, 1.165) is 20.8 Å². The minimum absolute atomic E-state index is 0.0903. The van der Waals surface area contributed by atoms with Crippen molar-refractivity contribution < 1.29 is 46.1 Å². The highest BCUT2D eigenvalue weighted by Gasteiger charge is 2.39. The van der Waals surface area contributed by atoms with Gasteiger partial charge in [-0.2, -0.15) is 9.10 Å². The van der Waals surface area contributed by atoms with Gasteiger partial charge in [-0.3, -0.25) is 0 Å². The fourth-order valence-electron chi connectivity index (χ4n) is 7.39. The van der Waals surface area contributed by atoms with Gasteiger partial charge in [-0.15, -0.1) is 10.2 Å². The Bertz CT molecular complexity index is 3070. The number of aliphatic hydroxyl groups is 1. The molecule has 0 fully saturated rings. The molecule has 19 nitrogen and oxygen atoms in total. The normalized spacial score (nSPS) is 12.6. The van der Waals surface area contributed by atoms with E-state index in [1.54, 1.807) is 119 Å². The van der Waals surface area contributed by atoms with Gasteiger partial charge in [0.25, 0.3) is 0 Å². The molecule has 5 aromatic carbocycles. The van der Waals surface area contributed by atoms with E-state index in [9.17, 15) is 23.4 Å². The number of anilines is 1. The smallest absolute Gasteiger partial charge is 0.407 e. The van der Waals surface area contributed by atoms with Crippen molar-refractivity contribution in [3.63, 3.8) is 0 Å². The maximum atomic E-state index is 16.1. The monoisotopic (exact) mass is 985 g/mol. The summed E-state index contributed by atoms with van der Waals surface area (Å²) in [5.41, 5.74) is 7.89. The van der Waals surface area contributed by atoms with Crippen molar-refractivity contribution in [1.82, 2.24) is 39.1 Å². The molecule has 0 saturated heterocycles. The Hall–Kier alpha value is -6.69. The third-order valence-corrected chi connectivity index (χ3v) is 15.2. The molecule has 0 aliphatic heterocycles. The number of β-amino-alcohol motifs (C(OH)–C–C–N with tert-alkyl or cyclic N) is 1. The number of rotatable bonds is 19. The number of para-hydroxylation sites is 1. The van der Waals surface area contributed by atoms with E-state index in [1.165, 1.54) is 36.4 Å². The Morgan fingerprint density at radius 1 is 0.809 bits per heavy atom. The number of aromatic nitrogens is 5. The number of nitrogens with one attached hydrogen (secondary N) is 1. The van der Waals surface area contributed by atoms with E-state index in [2.05, 4.69) is 20.0 Å². The number of aliphatic hydroxyl groups excluding tert-OH is 1. The topological polar surface area (TPSA) is 255 Å². The number of sulfonamides is 2. The van der Waals surface area contributed by atoms with E-state index in [4.69, 9.17) is 25.0 Å². The average Bonchev–Trinajstić information content (AvgIpc) is 3.95. The fraction of sp³-hybridized carbons (Fsp3) is 0.283. The fourth-order valence-corrected chi connectivity index (χ4v) is 11.6. The Morgan fingerprint density at radius 2 is 1.37 bits per heavy atom. The van der Waals surface area contributed by atoms with Gasteiger partial charge in [-0.25, -0.2) is 31.3 Å². The summed E-state index contributed by atoms with van der Waals surface area (Å²) in [6, 6.07) is 28.5. The lowest BCUT2D eigenvalue weighted by atomic mass is 9.98. The van der Waals surface area contributed by atoms with Crippen LogP contribution in [-0.2, 0) is 39.7 Å². The van der Waals surface area contributed by atoms with Crippen LogP contribution in [-0.4, -0.2) is 114 Å². The van der Waals surface area contributed by atoms with Gasteiger partial charge >= 0.3 is 6.09 Å². The number of hydrogen-bond donors (Lipinski definition) is 4. The lowest BCUT2D eigenvalue weighted by Gasteiger charge is -2.34. The molecule has 0 unspecified atom stereocenters. The van der Waals surface area contributed by atoms with Crippen molar-refractivity contribution in [3.05, 3.63) is 120 Å². The number of fused-ring (bicyclic) bond motifs is 1. The number of benzene rings is 5. The summed E-state index contributed by atoms with van der Waals surface area (Å²) in [6.07, 6.45) is -2.88. The zero-order chi connectivity index (χ0) is 49.0. The molecule has 2 heterocycles. The van der Waals surface area contributed by atoms with Crippen LogP contribution in [0.15, 0.2) is 113 Å². The number of amides is 1. The number of ether oxygens (including phenoxy) is 3. The second kappa shape index (κ2) is 20.3. The highest BCUT2D eigenvalue weighted by atomic mass is 32.2. The lowest BCUT2D eigenvalue weighted by molar-refractivity contribution is 0.0577. The maximum absolute atomic E-state index is 16.1. The number of methoxy groups -OCH3 is 3. The van der Waals surface area contributed by atoms with E-state index >= 15 is 8.42 Å². The minimum Gasteiger partial charge on any atom is -0.497 e. The number of nitrogens with two attached hydrogens (primary N) is 1. The van der Waals surface area contributed by atoms with Crippen LogP contribution in [0, 0.1) is 0 Å². The van der Waals surface area contributed by atoms with Crippen LogP contribution in [0.1, 0.15) is 37.5 Å². The SMILES string of the molecule is COc1ccc(CN(Cc2ccc(OC)cc2)S(=O)(=O)c2c(S(=O)(=O)NC[C@@H](O)CN(C(=O)O)C(C)(C)C)ccc(-c3cccc4sc(N)nc34)c2-c2nnn(Cc3ccc(OC)cc3)n2)cc1. The highest BCUT2D eigenvalue weighted by Crippen LogP contribution is 2.44. The third-order valence-electron chi connectivity index (χ3n) is 10.9. The standard InChI is InChI=1S/C46H51N9O10S3/c1-46(2,3)54(45(57)58)28-32(56)24-48-67(59,60)39-23-22-36(37-8-7-9-38-41(37)49-44(47)66-38)40(43-50-52-55(51-43)27-31-14-20-35(65-6)21-15-31)42(39)68(61,62)53(25-29-10-16-33(63-4)17-11-29)26-30-12-18-34(64-5)19-13-30/h7-23,32,48,56H,24-28H2,1-6H3,(H2,47,49)(H,57,58)/t32-/m1/s1. The largest absolute Gasteiger partial charge is 0.497 e. The summed E-state index contributed by atoms with van der Waals surface area (Å²) in [5, 5.41) is 34.6. The Balaban J connectivity index is 1.47. The molecule has 0 aliphatic carbocycles. The first-order valence-electron chi connectivity index (χ1n) is 21.0. The van der Waals surface area contributed by atoms with Crippen LogP contribution in [0.4, 0.5) is 9.93 Å². The number of tetrazole rings is 1. The number of carbonyl (C=O) groups is 1. The van der Waals surface area contributed by atoms with E-state index in [0.29, 0.717) is 44.2 Å². The third kappa shape index (κ3) is 11.0. The van der Waals surface area contributed by atoms with E-state index in [1.807, 2.05) is 0 Å².